The van der Waals surface area contributed by atoms with Gasteiger partial charge in [-0.25, -0.2) is 4.79 Å². The molecule has 3 N–H and O–H groups in total. The largest absolute Gasteiger partial charge is 0.367 e. The number of hydrogen-bond donors (Lipinski definition) is 2. The van der Waals surface area contributed by atoms with E-state index in [-0.39, 0.29) is 18.6 Å². The Hall–Kier alpha value is -2.38. The first kappa shape index (κ1) is 19.0. The zero-order valence-electron chi connectivity index (χ0n) is 15.7. The third-order valence-electron chi connectivity index (χ3n) is 5.47. The van der Waals surface area contributed by atoms with Gasteiger partial charge in [0, 0.05) is 11.4 Å². The van der Waals surface area contributed by atoms with Gasteiger partial charge in [-0.15, -0.1) is 11.3 Å². The molecule has 1 aliphatic heterocycles. The van der Waals surface area contributed by atoms with E-state index in [0.29, 0.717) is 13.2 Å². The molecule has 1 aromatic heterocycles. The highest BCUT2D eigenvalue weighted by molar-refractivity contribution is 7.10. The lowest BCUT2D eigenvalue weighted by molar-refractivity contribution is -0.133. The molecule has 0 radical (unpaired) electrons. The maximum absolute atomic E-state index is 12.9. The molecule has 2 aromatic rings. The number of nitrogens with zero attached hydrogens (tertiary/aromatic N) is 1. The monoisotopic (exact) mass is 399 g/mol. The van der Waals surface area contributed by atoms with Crippen molar-refractivity contribution < 1.29 is 14.3 Å². The van der Waals surface area contributed by atoms with Crippen LogP contribution in [-0.2, 0) is 22.4 Å². The fraction of sp³-hybridized carbons (Fsp3) is 0.429. The number of morpholine rings is 1. The number of carbonyl (C=O) groups is 2. The molecule has 28 heavy (non-hydrogen) atoms. The third-order valence-corrected chi connectivity index (χ3v) is 6.41. The van der Waals surface area contributed by atoms with Crippen LogP contribution in [0.4, 0.5) is 4.79 Å². The Morgan fingerprint density at radius 3 is 2.79 bits per heavy atom. The minimum Gasteiger partial charge on any atom is -0.367 e. The average Bonchev–Trinajstić information content (AvgIpc) is 3.26. The number of urea groups is 1. The number of hydrogen-bond acceptors (Lipinski definition) is 4. The van der Waals surface area contributed by atoms with Crippen molar-refractivity contribution in [2.24, 2.45) is 5.73 Å². The van der Waals surface area contributed by atoms with E-state index < -0.39 is 12.0 Å². The Kier molecular flexibility index (Phi) is 5.64. The van der Waals surface area contributed by atoms with Crippen LogP contribution in [0.25, 0.3) is 0 Å². The van der Waals surface area contributed by atoms with E-state index >= 15 is 0 Å². The van der Waals surface area contributed by atoms with Crippen LogP contribution in [0.15, 0.2) is 35.7 Å². The number of fused-ring (bicyclic) bond motifs is 1. The summed E-state index contributed by atoms with van der Waals surface area (Å²) in [6, 6.07) is 10.2. The molecule has 2 heterocycles. The van der Waals surface area contributed by atoms with Crippen molar-refractivity contribution in [2.45, 2.75) is 37.8 Å². The van der Waals surface area contributed by atoms with Crippen molar-refractivity contribution in [3.63, 3.8) is 0 Å². The highest BCUT2D eigenvalue weighted by Crippen LogP contribution is 2.30. The minimum absolute atomic E-state index is 0.183. The smallest absolute Gasteiger partial charge is 0.318 e. The van der Waals surface area contributed by atoms with E-state index in [0.717, 1.165) is 23.3 Å². The molecule has 0 spiro atoms. The molecular formula is C21H25N3O3S. The number of ether oxygens (including phenoxy) is 1. The van der Waals surface area contributed by atoms with Gasteiger partial charge in [0.25, 0.3) is 0 Å². The van der Waals surface area contributed by atoms with Gasteiger partial charge < -0.3 is 20.7 Å². The second kappa shape index (κ2) is 8.32. The van der Waals surface area contributed by atoms with E-state index in [4.69, 9.17) is 10.5 Å². The van der Waals surface area contributed by atoms with Gasteiger partial charge in [-0.3, -0.25) is 4.79 Å². The van der Waals surface area contributed by atoms with Crippen molar-refractivity contribution in [3.8, 4) is 0 Å². The minimum atomic E-state index is -0.747. The molecule has 1 fully saturated rings. The van der Waals surface area contributed by atoms with E-state index in [1.165, 1.54) is 24.0 Å². The van der Waals surface area contributed by atoms with Crippen LogP contribution in [0, 0.1) is 0 Å². The molecule has 2 aliphatic rings. The number of thiophene rings is 1. The van der Waals surface area contributed by atoms with Crippen molar-refractivity contribution in [1.82, 2.24) is 10.2 Å². The number of benzene rings is 1. The molecular weight excluding hydrogens is 374 g/mol. The Morgan fingerprint density at radius 2 is 2.04 bits per heavy atom. The van der Waals surface area contributed by atoms with Crippen LogP contribution in [0.5, 0.6) is 0 Å². The third kappa shape index (κ3) is 4.05. The van der Waals surface area contributed by atoms with E-state index in [1.807, 2.05) is 17.5 Å². The average molecular weight is 400 g/mol. The molecule has 2 atom stereocenters. The Bertz CT molecular complexity index is 853. The molecule has 0 saturated carbocycles. The van der Waals surface area contributed by atoms with Crippen LogP contribution in [0.1, 0.15) is 40.5 Å². The van der Waals surface area contributed by atoms with Gasteiger partial charge >= 0.3 is 6.03 Å². The van der Waals surface area contributed by atoms with Crippen LogP contribution >= 0.6 is 11.3 Å². The summed E-state index contributed by atoms with van der Waals surface area (Å²) in [5, 5.41) is 5.18. The lowest BCUT2D eigenvalue weighted by Gasteiger charge is -2.33. The quantitative estimate of drug-likeness (QED) is 0.829. The molecule has 0 bridgehead atoms. The van der Waals surface area contributed by atoms with Gasteiger partial charge in [-0.2, -0.15) is 0 Å². The highest BCUT2D eigenvalue weighted by Gasteiger charge is 2.29. The van der Waals surface area contributed by atoms with Crippen molar-refractivity contribution in [3.05, 3.63) is 57.3 Å². The second-order valence-electron chi connectivity index (χ2n) is 7.34. The predicted molar refractivity (Wildman–Crippen MR) is 108 cm³/mol. The maximum atomic E-state index is 12.9. The normalized spacial score (nSPS) is 20.3. The summed E-state index contributed by atoms with van der Waals surface area (Å²) in [5.41, 5.74) is 9.25. The number of primary amides is 1. The first-order valence-electron chi connectivity index (χ1n) is 9.73. The summed E-state index contributed by atoms with van der Waals surface area (Å²) in [7, 11) is 0. The number of nitrogens with two attached hydrogens (primary N) is 1. The van der Waals surface area contributed by atoms with E-state index in [2.05, 4.69) is 23.5 Å². The SMILES string of the molecule is NC(=O)C1CN(C(=O)NC(c2ccc3c(c2)CCCC3)c2cccs2)CCO1. The molecule has 1 aliphatic carbocycles. The van der Waals surface area contributed by atoms with Gasteiger partial charge in [-0.05, 0) is 53.8 Å². The van der Waals surface area contributed by atoms with Crippen LogP contribution in [-0.4, -0.2) is 42.6 Å². The lowest BCUT2D eigenvalue weighted by atomic mass is 9.89. The Morgan fingerprint density at radius 1 is 1.21 bits per heavy atom. The van der Waals surface area contributed by atoms with Crippen molar-refractivity contribution in [1.29, 1.82) is 0 Å². The number of rotatable bonds is 4. The van der Waals surface area contributed by atoms with Crippen molar-refractivity contribution in [2.75, 3.05) is 19.7 Å². The zero-order valence-corrected chi connectivity index (χ0v) is 16.5. The maximum Gasteiger partial charge on any atom is 0.318 e. The molecule has 148 valence electrons. The molecule has 4 rings (SSSR count). The number of amides is 3. The summed E-state index contributed by atoms with van der Waals surface area (Å²) < 4.78 is 5.35. The van der Waals surface area contributed by atoms with Crippen LogP contribution in [0.2, 0.25) is 0 Å². The molecule has 1 saturated heterocycles. The summed E-state index contributed by atoms with van der Waals surface area (Å²) in [6.45, 7) is 0.934. The van der Waals surface area contributed by atoms with Crippen LogP contribution in [0.3, 0.4) is 0 Å². The van der Waals surface area contributed by atoms with Crippen LogP contribution < -0.4 is 11.1 Å². The fourth-order valence-electron chi connectivity index (χ4n) is 3.93. The van der Waals surface area contributed by atoms with Crippen molar-refractivity contribution >= 4 is 23.3 Å². The van der Waals surface area contributed by atoms with E-state index in [1.54, 1.807) is 16.2 Å². The standard InChI is InChI=1S/C21H25N3O3S/c22-20(25)17-13-24(9-10-27-17)21(26)23-19(18-6-3-11-28-18)16-8-7-14-4-1-2-5-15(14)12-16/h3,6-8,11-12,17,19H,1-2,4-5,9-10,13H2,(H2,22,25)(H,23,26). The van der Waals surface area contributed by atoms with E-state index in [9.17, 15) is 9.59 Å². The van der Waals surface area contributed by atoms with Gasteiger partial charge in [0.1, 0.15) is 0 Å². The number of carbonyl (C=O) groups excluding carboxylic acids is 2. The molecule has 6 nitrogen and oxygen atoms in total. The summed E-state index contributed by atoms with van der Waals surface area (Å²) in [4.78, 5) is 27.1. The summed E-state index contributed by atoms with van der Waals surface area (Å²) in [5.74, 6) is -0.540. The summed E-state index contributed by atoms with van der Waals surface area (Å²) in [6.07, 6.45) is 3.94. The van der Waals surface area contributed by atoms with Gasteiger partial charge in [0.2, 0.25) is 5.91 Å². The number of aryl methyl sites for hydroxylation is 2. The number of nitrogens with one attached hydrogen (secondary N) is 1. The highest BCUT2D eigenvalue weighted by atomic mass is 32.1. The van der Waals surface area contributed by atoms with Gasteiger partial charge in [0.05, 0.1) is 19.2 Å². The van der Waals surface area contributed by atoms with Gasteiger partial charge in [0.15, 0.2) is 6.10 Å². The lowest BCUT2D eigenvalue weighted by Crippen LogP contribution is -2.53. The zero-order chi connectivity index (χ0) is 19.5. The topological polar surface area (TPSA) is 84.7 Å². The first-order chi connectivity index (χ1) is 13.6. The molecule has 2 unspecified atom stereocenters. The van der Waals surface area contributed by atoms with Gasteiger partial charge in [-0.1, -0.05) is 24.3 Å². The predicted octanol–water partition coefficient (Wildman–Crippen LogP) is 2.61. The molecule has 7 heteroatoms. The summed E-state index contributed by atoms with van der Waals surface area (Å²) >= 11 is 1.63. The first-order valence-corrected chi connectivity index (χ1v) is 10.6. The Labute approximate surface area is 168 Å². The Balaban J connectivity index is 1.56. The molecule has 1 aromatic carbocycles. The molecule has 3 amide bonds. The fourth-order valence-corrected chi connectivity index (χ4v) is 4.73. The second-order valence-corrected chi connectivity index (χ2v) is 8.32.